The molecule has 146 valence electrons. The van der Waals surface area contributed by atoms with E-state index in [4.69, 9.17) is 22.6 Å². The maximum Gasteiger partial charge on any atom is 0.255 e. The van der Waals surface area contributed by atoms with Crippen molar-refractivity contribution in [2.24, 2.45) is 0 Å². The number of aromatic amines is 1. The minimum absolute atomic E-state index is 0.114. The Morgan fingerprint density at radius 2 is 1.97 bits per heavy atom. The molecule has 0 radical (unpaired) electrons. The fraction of sp³-hybridized carbons (Fsp3) is 0. The van der Waals surface area contributed by atoms with Gasteiger partial charge < -0.3 is 16.0 Å². The zero-order chi connectivity index (χ0) is 21.3. The molecular weight excluding hydrogens is 404 g/mol. The number of fused-ring (bicyclic) bond motifs is 1. The summed E-state index contributed by atoms with van der Waals surface area (Å²) in [6.07, 6.45) is 2.80. The molecule has 2 heterocycles. The van der Waals surface area contributed by atoms with E-state index in [9.17, 15) is 9.59 Å². The number of ketones is 1. The summed E-state index contributed by atoms with van der Waals surface area (Å²) in [7, 11) is 0. The zero-order valence-corrected chi connectivity index (χ0v) is 16.1. The van der Waals surface area contributed by atoms with E-state index in [0.29, 0.717) is 22.3 Å². The number of nitrogen functional groups attached to an aromatic ring is 1. The second-order valence-electron chi connectivity index (χ2n) is 6.36. The van der Waals surface area contributed by atoms with Crippen molar-refractivity contribution in [3.05, 3.63) is 82.3 Å². The van der Waals surface area contributed by atoms with Crippen molar-refractivity contribution < 1.29 is 9.59 Å². The molecule has 0 unspecified atom stereocenters. The number of carbonyl (C=O) groups excluding carboxylic acids is 2. The van der Waals surface area contributed by atoms with E-state index in [1.54, 1.807) is 24.3 Å². The molecule has 0 atom stereocenters. The van der Waals surface area contributed by atoms with E-state index in [2.05, 4.69) is 20.3 Å². The summed E-state index contributed by atoms with van der Waals surface area (Å²) in [4.78, 5) is 36.4. The second-order valence-corrected chi connectivity index (χ2v) is 6.76. The number of H-pyrrole nitrogens is 1. The third-order valence-corrected chi connectivity index (χ3v) is 4.78. The lowest BCUT2D eigenvalue weighted by molar-refractivity contribution is 0.102. The standard InChI is InChI=1S/C21H13ClN6O2/c22-16-7-12(21(30)28-13-3-1-2-11(6-13)8-23)4-5-14(16)18(29)15-9-25-20-17(15)19(24)26-10-27-20/h1-7,9-10H,(H,28,30)(H3,24,25,26,27). The predicted octanol–water partition coefficient (Wildman–Crippen LogP) is 3.55. The van der Waals surface area contributed by atoms with E-state index in [1.165, 1.54) is 30.7 Å². The van der Waals surface area contributed by atoms with Gasteiger partial charge in [0.25, 0.3) is 5.91 Å². The SMILES string of the molecule is N#Cc1cccc(NC(=O)c2ccc(C(=O)c3c[nH]c4ncnc(N)c34)c(Cl)c2)c1. The zero-order valence-electron chi connectivity index (χ0n) is 15.3. The molecule has 2 aromatic heterocycles. The van der Waals surface area contributed by atoms with Gasteiger partial charge in [-0.25, -0.2) is 9.97 Å². The predicted molar refractivity (Wildman–Crippen MR) is 112 cm³/mol. The summed E-state index contributed by atoms with van der Waals surface area (Å²) in [5, 5.41) is 12.2. The van der Waals surface area contributed by atoms with Crippen LogP contribution < -0.4 is 11.1 Å². The monoisotopic (exact) mass is 416 g/mol. The van der Waals surface area contributed by atoms with Crippen molar-refractivity contribution in [1.82, 2.24) is 15.0 Å². The number of rotatable bonds is 4. The Morgan fingerprint density at radius 1 is 1.13 bits per heavy atom. The Morgan fingerprint density at radius 3 is 2.73 bits per heavy atom. The molecule has 0 aliphatic heterocycles. The number of halogens is 1. The smallest absolute Gasteiger partial charge is 0.255 e. The maximum absolute atomic E-state index is 13.0. The topological polar surface area (TPSA) is 138 Å². The lowest BCUT2D eigenvalue weighted by Crippen LogP contribution is -2.13. The van der Waals surface area contributed by atoms with Crippen LogP contribution in [0.3, 0.4) is 0 Å². The van der Waals surface area contributed by atoms with Crippen LogP contribution >= 0.6 is 11.6 Å². The van der Waals surface area contributed by atoms with Gasteiger partial charge in [-0.3, -0.25) is 9.59 Å². The molecule has 0 saturated heterocycles. The van der Waals surface area contributed by atoms with Gasteiger partial charge in [-0.2, -0.15) is 5.26 Å². The van der Waals surface area contributed by atoms with Gasteiger partial charge >= 0.3 is 0 Å². The minimum atomic E-state index is -0.421. The lowest BCUT2D eigenvalue weighted by atomic mass is 10.0. The number of amides is 1. The number of nitrogens with one attached hydrogen (secondary N) is 2. The fourth-order valence-electron chi connectivity index (χ4n) is 3.02. The van der Waals surface area contributed by atoms with Crippen LogP contribution in [-0.2, 0) is 0 Å². The van der Waals surface area contributed by atoms with Gasteiger partial charge in [-0.15, -0.1) is 0 Å². The van der Waals surface area contributed by atoms with E-state index >= 15 is 0 Å². The fourth-order valence-corrected chi connectivity index (χ4v) is 3.29. The van der Waals surface area contributed by atoms with Crippen LogP contribution in [-0.4, -0.2) is 26.6 Å². The number of benzene rings is 2. The number of nitrogens with two attached hydrogens (primary N) is 1. The largest absolute Gasteiger partial charge is 0.383 e. The first kappa shape index (κ1) is 19.1. The second kappa shape index (κ2) is 7.66. The maximum atomic E-state index is 13.0. The molecule has 4 rings (SSSR count). The summed E-state index contributed by atoms with van der Waals surface area (Å²) in [5.41, 5.74) is 7.99. The number of aromatic nitrogens is 3. The molecule has 0 aliphatic rings. The molecule has 0 spiro atoms. The molecule has 1 amide bonds. The highest BCUT2D eigenvalue weighted by Gasteiger charge is 2.20. The normalized spacial score (nSPS) is 10.5. The Bertz CT molecular complexity index is 1360. The average molecular weight is 417 g/mol. The summed E-state index contributed by atoms with van der Waals surface area (Å²) in [6, 6.07) is 12.9. The number of nitriles is 1. The first-order chi connectivity index (χ1) is 14.5. The summed E-state index contributed by atoms with van der Waals surface area (Å²) in [6.45, 7) is 0. The van der Waals surface area contributed by atoms with Crippen LogP contribution in [0.25, 0.3) is 11.0 Å². The van der Waals surface area contributed by atoms with Crippen molar-refractivity contribution >= 4 is 45.8 Å². The van der Waals surface area contributed by atoms with E-state index < -0.39 is 5.91 Å². The third-order valence-electron chi connectivity index (χ3n) is 4.47. The van der Waals surface area contributed by atoms with Gasteiger partial charge in [0.05, 0.1) is 27.6 Å². The van der Waals surface area contributed by atoms with Crippen LogP contribution in [0.1, 0.15) is 31.8 Å². The molecule has 0 aliphatic carbocycles. The highest BCUT2D eigenvalue weighted by Crippen LogP contribution is 2.27. The van der Waals surface area contributed by atoms with Crippen LogP contribution in [0.5, 0.6) is 0 Å². The molecule has 0 saturated carbocycles. The molecule has 4 aromatic rings. The molecule has 9 heteroatoms. The molecule has 0 fully saturated rings. The van der Waals surface area contributed by atoms with Crippen LogP contribution in [0, 0.1) is 11.3 Å². The van der Waals surface area contributed by atoms with Crippen molar-refractivity contribution in [3.8, 4) is 6.07 Å². The first-order valence-corrected chi connectivity index (χ1v) is 9.09. The van der Waals surface area contributed by atoms with E-state index in [0.717, 1.165) is 0 Å². The molecule has 0 bridgehead atoms. The minimum Gasteiger partial charge on any atom is -0.383 e. The van der Waals surface area contributed by atoms with Gasteiger partial charge in [-0.1, -0.05) is 17.7 Å². The number of hydrogen-bond acceptors (Lipinski definition) is 6. The summed E-state index contributed by atoms with van der Waals surface area (Å²) < 4.78 is 0. The molecule has 2 aromatic carbocycles. The summed E-state index contributed by atoms with van der Waals surface area (Å²) in [5.74, 6) is -0.617. The van der Waals surface area contributed by atoms with Gasteiger partial charge in [-0.05, 0) is 36.4 Å². The highest BCUT2D eigenvalue weighted by molar-refractivity contribution is 6.36. The Balaban J connectivity index is 1.62. The number of hydrogen-bond donors (Lipinski definition) is 3. The van der Waals surface area contributed by atoms with Crippen molar-refractivity contribution in [2.75, 3.05) is 11.1 Å². The van der Waals surface area contributed by atoms with Gasteiger partial charge in [0.15, 0.2) is 5.78 Å². The Kier molecular flexibility index (Phi) is 4.88. The quantitative estimate of drug-likeness (QED) is 0.435. The van der Waals surface area contributed by atoms with Crippen LogP contribution in [0.15, 0.2) is 55.0 Å². The van der Waals surface area contributed by atoms with E-state index in [1.807, 2.05) is 6.07 Å². The average Bonchev–Trinajstić information content (AvgIpc) is 3.19. The van der Waals surface area contributed by atoms with Crippen molar-refractivity contribution in [3.63, 3.8) is 0 Å². The van der Waals surface area contributed by atoms with Crippen LogP contribution in [0.2, 0.25) is 5.02 Å². The number of anilines is 2. The molecule has 8 nitrogen and oxygen atoms in total. The molecule has 4 N–H and O–H groups in total. The molecular formula is C21H13ClN6O2. The summed E-state index contributed by atoms with van der Waals surface area (Å²) >= 11 is 6.31. The Labute approximate surface area is 175 Å². The van der Waals surface area contributed by atoms with Crippen LogP contribution in [0.4, 0.5) is 11.5 Å². The molecule has 30 heavy (non-hydrogen) atoms. The lowest BCUT2D eigenvalue weighted by Gasteiger charge is -2.08. The number of carbonyl (C=O) groups is 2. The van der Waals surface area contributed by atoms with Crippen molar-refractivity contribution in [1.29, 1.82) is 5.26 Å². The van der Waals surface area contributed by atoms with Crippen molar-refractivity contribution in [2.45, 2.75) is 0 Å². The highest BCUT2D eigenvalue weighted by atomic mass is 35.5. The third kappa shape index (κ3) is 3.45. The number of nitrogens with zero attached hydrogens (tertiary/aromatic N) is 3. The first-order valence-electron chi connectivity index (χ1n) is 8.71. The Hall–Kier alpha value is -4.22. The van der Waals surface area contributed by atoms with Gasteiger partial charge in [0.1, 0.15) is 17.8 Å². The van der Waals surface area contributed by atoms with Gasteiger partial charge in [0.2, 0.25) is 0 Å². The van der Waals surface area contributed by atoms with E-state index in [-0.39, 0.29) is 33.3 Å². The van der Waals surface area contributed by atoms with Gasteiger partial charge in [0, 0.05) is 23.0 Å².